The Morgan fingerprint density at radius 1 is 0.516 bits per heavy atom. The minimum Gasteiger partial charge on any atom is -0.462 e. The van der Waals surface area contributed by atoms with Crippen molar-refractivity contribution in [1.82, 2.24) is 14.9 Å². The molecule has 9 heteroatoms. The van der Waals surface area contributed by atoms with Crippen molar-refractivity contribution in [2.24, 2.45) is 0 Å². The summed E-state index contributed by atoms with van der Waals surface area (Å²) >= 11 is 0. The molecule has 9 nitrogen and oxygen atoms in total. The van der Waals surface area contributed by atoms with Crippen LogP contribution < -0.4 is 10.6 Å². The monoisotopic (exact) mass is 900 g/mol. The zero-order chi connectivity index (χ0) is 46.6. The fourth-order valence-corrected chi connectivity index (χ4v) is 8.78. The summed E-state index contributed by atoms with van der Waals surface area (Å²) in [7, 11) is 1.91. The number of nitrogens with zero attached hydrogens (tertiary/aromatic N) is 3. The second-order valence-electron chi connectivity index (χ2n) is 19.0. The standard InChI is InChI=1S/C55H105N5O4/c1-7-12-15-18-23-30-39-50(11-5)63-52(61)42-33-26-21-28-35-45-60(47-37-44-57-55-54(56-6)59-49(38-10-4)48-58-55)46-36-29-22-27-34-43-53(62)64-51(40-31-24-19-16-13-8-2)41-32-25-20-17-14-9-3/h48,50-51H,7-47H2,1-6H3,(H,56,59)(H,57,58). The highest BCUT2D eigenvalue weighted by atomic mass is 16.5. The molecule has 0 aliphatic heterocycles. The van der Waals surface area contributed by atoms with Crippen LogP contribution in [0.4, 0.5) is 11.6 Å². The summed E-state index contributed by atoms with van der Waals surface area (Å²) in [5.74, 6) is 1.67. The first-order valence-corrected chi connectivity index (χ1v) is 27.8. The second-order valence-corrected chi connectivity index (χ2v) is 19.0. The molecule has 0 aromatic carbocycles. The molecule has 1 atom stereocenters. The van der Waals surface area contributed by atoms with E-state index in [4.69, 9.17) is 14.5 Å². The molecular formula is C55H105N5O4. The van der Waals surface area contributed by atoms with Gasteiger partial charge in [-0.15, -0.1) is 0 Å². The average Bonchev–Trinajstić information content (AvgIpc) is 3.29. The Kier molecular flexibility index (Phi) is 41.4. The van der Waals surface area contributed by atoms with Crippen molar-refractivity contribution in [3.05, 3.63) is 11.9 Å². The molecule has 1 rings (SSSR count). The van der Waals surface area contributed by atoms with Gasteiger partial charge in [0.05, 0.1) is 11.9 Å². The van der Waals surface area contributed by atoms with E-state index >= 15 is 0 Å². The first-order chi connectivity index (χ1) is 31.4. The van der Waals surface area contributed by atoms with Crippen molar-refractivity contribution in [2.45, 2.75) is 284 Å². The van der Waals surface area contributed by atoms with Gasteiger partial charge in [-0.25, -0.2) is 9.97 Å². The van der Waals surface area contributed by atoms with Gasteiger partial charge in [-0.1, -0.05) is 176 Å². The SMILES string of the molecule is CCCCCCCCC(CC)OC(=O)CCCCCCCN(CCCCCCCC(=O)OC(CCCCCCCC)CCCCCCCC)CCCNc1ncc(CCC)nc1NC. The van der Waals surface area contributed by atoms with Gasteiger partial charge in [0.15, 0.2) is 11.6 Å². The third kappa shape index (κ3) is 34.9. The molecule has 0 amide bonds. The Labute approximate surface area is 396 Å². The smallest absolute Gasteiger partial charge is 0.306 e. The molecule has 1 unspecified atom stereocenters. The summed E-state index contributed by atoms with van der Waals surface area (Å²) in [6, 6.07) is 0. The third-order valence-electron chi connectivity index (χ3n) is 12.9. The number of carbonyl (C=O) groups excluding carboxylic acids is 2. The molecule has 1 heterocycles. The number of rotatable bonds is 48. The maximum Gasteiger partial charge on any atom is 0.306 e. The molecule has 64 heavy (non-hydrogen) atoms. The maximum atomic E-state index is 12.9. The number of ether oxygens (including phenoxy) is 2. The fourth-order valence-electron chi connectivity index (χ4n) is 8.78. The Bertz CT molecular complexity index is 1180. The normalized spacial score (nSPS) is 12.0. The summed E-state index contributed by atoms with van der Waals surface area (Å²) < 4.78 is 12.0. The fraction of sp³-hybridized carbons (Fsp3) is 0.891. The summed E-state index contributed by atoms with van der Waals surface area (Å²) in [4.78, 5) is 37.6. The predicted molar refractivity (Wildman–Crippen MR) is 275 cm³/mol. The van der Waals surface area contributed by atoms with Crippen LogP contribution in [0.3, 0.4) is 0 Å². The molecule has 0 spiro atoms. The lowest BCUT2D eigenvalue weighted by molar-refractivity contribution is -0.150. The number of aryl methyl sites for hydroxylation is 1. The summed E-state index contributed by atoms with van der Waals surface area (Å²) in [6.07, 6.45) is 44.4. The van der Waals surface area contributed by atoms with Crippen LogP contribution in [-0.2, 0) is 25.5 Å². The highest BCUT2D eigenvalue weighted by molar-refractivity contribution is 5.69. The Balaban J connectivity index is 2.49. The highest BCUT2D eigenvalue weighted by Gasteiger charge is 2.15. The van der Waals surface area contributed by atoms with E-state index in [2.05, 4.69) is 55.1 Å². The number of esters is 2. The molecule has 0 radical (unpaired) electrons. The maximum absolute atomic E-state index is 12.9. The van der Waals surface area contributed by atoms with Gasteiger partial charge in [0.1, 0.15) is 12.2 Å². The Morgan fingerprint density at radius 2 is 0.938 bits per heavy atom. The number of carbonyl (C=O) groups is 2. The minimum absolute atomic E-state index is 0.00600. The van der Waals surface area contributed by atoms with Crippen LogP contribution in [0.5, 0.6) is 0 Å². The lowest BCUT2D eigenvalue weighted by atomic mass is 10.0. The number of hydrogen-bond acceptors (Lipinski definition) is 9. The van der Waals surface area contributed by atoms with Crippen LogP contribution in [-0.4, -0.2) is 72.2 Å². The highest BCUT2D eigenvalue weighted by Crippen LogP contribution is 2.20. The van der Waals surface area contributed by atoms with E-state index in [0.29, 0.717) is 12.8 Å². The van der Waals surface area contributed by atoms with Crippen LogP contribution in [0.25, 0.3) is 0 Å². The van der Waals surface area contributed by atoms with Crippen LogP contribution in [0.1, 0.15) is 271 Å². The van der Waals surface area contributed by atoms with Crippen molar-refractivity contribution in [1.29, 1.82) is 0 Å². The summed E-state index contributed by atoms with van der Waals surface area (Å²) in [5.41, 5.74) is 1.03. The quantitative estimate of drug-likeness (QED) is 0.0488. The molecule has 0 aliphatic carbocycles. The number of aromatic nitrogens is 2. The van der Waals surface area contributed by atoms with Crippen molar-refractivity contribution in [2.75, 3.05) is 43.9 Å². The first-order valence-electron chi connectivity index (χ1n) is 27.8. The molecule has 374 valence electrons. The summed E-state index contributed by atoms with van der Waals surface area (Å²) in [6.45, 7) is 15.2. The third-order valence-corrected chi connectivity index (χ3v) is 12.9. The van der Waals surface area contributed by atoms with Gasteiger partial charge in [-0.05, 0) is 103 Å². The Morgan fingerprint density at radius 3 is 1.41 bits per heavy atom. The van der Waals surface area contributed by atoms with E-state index in [0.717, 1.165) is 114 Å². The van der Waals surface area contributed by atoms with E-state index in [-0.39, 0.29) is 24.1 Å². The van der Waals surface area contributed by atoms with Gasteiger partial charge in [0.2, 0.25) is 0 Å². The molecule has 0 bridgehead atoms. The van der Waals surface area contributed by atoms with Crippen LogP contribution in [0, 0.1) is 0 Å². The number of anilines is 2. The number of hydrogen-bond donors (Lipinski definition) is 2. The molecule has 0 fully saturated rings. The van der Waals surface area contributed by atoms with E-state index in [9.17, 15) is 9.59 Å². The van der Waals surface area contributed by atoms with Crippen molar-refractivity contribution >= 4 is 23.6 Å². The van der Waals surface area contributed by atoms with Gasteiger partial charge >= 0.3 is 11.9 Å². The average molecular weight is 900 g/mol. The molecular weight excluding hydrogens is 795 g/mol. The van der Waals surface area contributed by atoms with Gasteiger partial charge in [-0.3, -0.25) is 9.59 Å². The van der Waals surface area contributed by atoms with Gasteiger partial charge in [0, 0.05) is 26.4 Å². The van der Waals surface area contributed by atoms with E-state index < -0.39 is 0 Å². The van der Waals surface area contributed by atoms with Gasteiger partial charge < -0.3 is 25.0 Å². The molecule has 0 saturated heterocycles. The molecule has 0 saturated carbocycles. The topological polar surface area (TPSA) is 106 Å². The first kappa shape index (κ1) is 59.6. The number of unbranched alkanes of at least 4 members (excludes halogenated alkanes) is 23. The van der Waals surface area contributed by atoms with Crippen molar-refractivity contribution in [3.8, 4) is 0 Å². The molecule has 1 aromatic rings. The van der Waals surface area contributed by atoms with Gasteiger partial charge in [-0.2, -0.15) is 0 Å². The molecule has 1 aromatic heterocycles. The van der Waals surface area contributed by atoms with E-state index in [1.54, 1.807) is 0 Å². The lowest BCUT2D eigenvalue weighted by Crippen LogP contribution is -2.28. The zero-order valence-electron chi connectivity index (χ0n) is 43.2. The molecule has 2 N–H and O–H groups in total. The van der Waals surface area contributed by atoms with Crippen molar-refractivity contribution in [3.63, 3.8) is 0 Å². The Hall–Kier alpha value is -2.42. The van der Waals surface area contributed by atoms with E-state index in [1.807, 2.05) is 13.2 Å². The van der Waals surface area contributed by atoms with Crippen LogP contribution in [0.15, 0.2) is 6.20 Å². The predicted octanol–water partition coefficient (Wildman–Crippen LogP) is 15.7. The summed E-state index contributed by atoms with van der Waals surface area (Å²) in [5, 5.41) is 6.75. The van der Waals surface area contributed by atoms with Crippen LogP contribution >= 0.6 is 0 Å². The van der Waals surface area contributed by atoms with Crippen LogP contribution in [0.2, 0.25) is 0 Å². The molecule has 0 aliphatic rings. The van der Waals surface area contributed by atoms with E-state index in [1.165, 1.54) is 154 Å². The second kappa shape index (κ2) is 44.4. The zero-order valence-corrected chi connectivity index (χ0v) is 43.2. The minimum atomic E-state index is -0.00600. The number of nitrogens with one attached hydrogen (secondary N) is 2. The van der Waals surface area contributed by atoms with Crippen molar-refractivity contribution < 1.29 is 19.1 Å². The van der Waals surface area contributed by atoms with Gasteiger partial charge in [0.25, 0.3) is 0 Å². The largest absolute Gasteiger partial charge is 0.462 e. The lowest BCUT2D eigenvalue weighted by Gasteiger charge is -2.23.